The van der Waals surface area contributed by atoms with Crippen LogP contribution in [0.2, 0.25) is 0 Å². The van der Waals surface area contributed by atoms with Crippen LogP contribution in [0.15, 0.2) is 22.8 Å². The number of cyclic esters (lactones) is 1. The highest BCUT2D eigenvalue weighted by molar-refractivity contribution is 5.90. The van der Waals surface area contributed by atoms with Gasteiger partial charge in [-0.1, -0.05) is 38.0 Å². The van der Waals surface area contributed by atoms with E-state index >= 15 is 0 Å². The largest absolute Gasteiger partial charge is 0.458 e. The third-order valence-electron chi connectivity index (χ3n) is 17.5. The lowest BCUT2D eigenvalue weighted by atomic mass is 9.46. The Morgan fingerprint density at radius 2 is 1.35 bits per heavy atom. The van der Waals surface area contributed by atoms with E-state index in [1.54, 1.807) is 0 Å². The number of carbonyl (C=O) groups is 1. The van der Waals surface area contributed by atoms with Gasteiger partial charge in [-0.3, -0.25) is 0 Å². The Labute approximate surface area is 383 Å². The van der Waals surface area contributed by atoms with Crippen LogP contribution in [0, 0.1) is 40.4 Å². The molecule has 3 saturated heterocycles. The molecule has 66 heavy (non-hydrogen) atoms. The van der Waals surface area contributed by atoms with E-state index in [-0.39, 0.29) is 36.4 Å². The summed E-state index contributed by atoms with van der Waals surface area (Å²) in [5.74, 6) is 1.06. The minimum Gasteiger partial charge on any atom is -0.458 e. The number of hydrogen-bond donors (Lipinski definition) is 12. The summed E-state index contributed by atoms with van der Waals surface area (Å²) in [5.41, 5.74) is 1.82. The maximum absolute atomic E-state index is 12.7. The van der Waals surface area contributed by atoms with E-state index in [1.807, 2.05) is 6.92 Å². The second-order valence-corrected chi connectivity index (χ2v) is 20.8. The van der Waals surface area contributed by atoms with Crippen LogP contribution in [0.5, 0.6) is 0 Å². The summed E-state index contributed by atoms with van der Waals surface area (Å²) in [6, 6.07) is 0. The quantitative estimate of drug-likeness (QED) is 0.0719. The van der Waals surface area contributed by atoms with Crippen LogP contribution in [0.4, 0.5) is 0 Å². The fourth-order valence-electron chi connectivity index (χ4n) is 13.5. The topological polar surface area (TPSA) is 324 Å². The van der Waals surface area contributed by atoms with E-state index < -0.39 is 136 Å². The maximum Gasteiger partial charge on any atom is 0.336 e. The molecule has 0 aromatic rings. The van der Waals surface area contributed by atoms with Crippen molar-refractivity contribution in [2.45, 2.75) is 189 Å². The molecule has 0 aromatic carbocycles. The molecule has 20 heteroatoms. The Morgan fingerprint density at radius 3 is 2.02 bits per heavy atom. The molecule has 12 N–H and O–H groups in total. The van der Waals surface area contributed by atoms with Gasteiger partial charge in [0.2, 0.25) is 0 Å². The number of ether oxygens (including phenoxy) is 7. The first kappa shape index (κ1) is 50.6. The van der Waals surface area contributed by atoms with Crippen molar-refractivity contribution in [1.29, 1.82) is 0 Å². The average molecular weight is 945 g/mol. The summed E-state index contributed by atoms with van der Waals surface area (Å²) in [4.78, 5) is 12.7. The fraction of sp³-hybridized carbons (Fsp3) is 0.891. The summed E-state index contributed by atoms with van der Waals surface area (Å²) in [6.07, 6.45) is -18.2. The minimum atomic E-state index is -1.91. The van der Waals surface area contributed by atoms with E-state index in [0.717, 1.165) is 43.3 Å². The molecule has 25 atom stereocenters. The fourth-order valence-corrected chi connectivity index (χ4v) is 13.5. The van der Waals surface area contributed by atoms with Gasteiger partial charge in [0.25, 0.3) is 0 Å². The number of aliphatic hydroxyl groups is 12. The SMILES string of the molecule is CC1=C(CO)C(=O)O[C@@H]([C@@H](C)[C@H]2CC[C@H]3[C@@H]4CC=C5C[C@@H](O[C@@H]6O[C@H](CO)[C@@H](O[C@@H]7O[C@H](CO[C@@H]8O[C@H](CO)[C@@H](O)[C@H](O)[C@H]8O)[C@@H](O)[C@H](O)[C@H]7O)[C@H](O)[C@H]6O)C[C@H](O)[C@]5(C)[C@H]4CC[C@]23C)C1. The lowest BCUT2D eigenvalue weighted by Gasteiger charge is -2.60. The molecule has 8 aliphatic rings. The second-order valence-electron chi connectivity index (χ2n) is 20.8. The van der Waals surface area contributed by atoms with E-state index in [1.165, 1.54) is 0 Å². The molecule has 0 aromatic heterocycles. The molecule has 6 fully saturated rings. The summed E-state index contributed by atoms with van der Waals surface area (Å²) < 4.78 is 40.5. The van der Waals surface area contributed by atoms with Gasteiger partial charge in [-0.05, 0) is 80.5 Å². The van der Waals surface area contributed by atoms with Gasteiger partial charge in [0.1, 0.15) is 79.4 Å². The van der Waals surface area contributed by atoms with Gasteiger partial charge in [-0.15, -0.1) is 0 Å². The zero-order chi connectivity index (χ0) is 47.7. The van der Waals surface area contributed by atoms with Gasteiger partial charge >= 0.3 is 5.97 Å². The molecule has 376 valence electrons. The van der Waals surface area contributed by atoms with Gasteiger partial charge in [0.05, 0.1) is 44.2 Å². The molecule has 0 unspecified atom stereocenters. The first-order valence-corrected chi connectivity index (χ1v) is 23.7. The van der Waals surface area contributed by atoms with E-state index in [4.69, 9.17) is 33.2 Å². The molecular formula is C46H72O20. The van der Waals surface area contributed by atoms with E-state index in [2.05, 4.69) is 26.8 Å². The third-order valence-corrected chi connectivity index (χ3v) is 17.5. The van der Waals surface area contributed by atoms with Crippen LogP contribution in [0.1, 0.15) is 79.1 Å². The number of rotatable bonds is 12. The number of allylic oxidation sites excluding steroid dienone is 1. The van der Waals surface area contributed by atoms with Crippen LogP contribution in [0.3, 0.4) is 0 Å². The number of esters is 1. The molecule has 4 aliphatic carbocycles. The van der Waals surface area contributed by atoms with Crippen LogP contribution in [-0.4, -0.2) is 204 Å². The molecule has 3 saturated carbocycles. The zero-order valence-electron chi connectivity index (χ0n) is 38.0. The molecular weight excluding hydrogens is 872 g/mol. The second kappa shape index (κ2) is 19.8. The Bertz CT molecular complexity index is 1780. The smallest absolute Gasteiger partial charge is 0.336 e. The lowest BCUT2D eigenvalue weighted by Crippen LogP contribution is -2.65. The third kappa shape index (κ3) is 8.76. The van der Waals surface area contributed by atoms with Crippen LogP contribution in [-0.2, 0) is 38.0 Å². The Hall–Kier alpha value is -1.77. The average Bonchev–Trinajstić information content (AvgIpc) is 3.65. The number of hydrogen-bond acceptors (Lipinski definition) is 20. The van der Waals surface area contributed by atoms with Crippen molar-refractivity contribution in [1.82, 2.24) is 0 Å². The summed E-state index contributed by atoms with van der Waals surface area (Å²) in [6.45, 7) is 6.22. The normalized spacial score (nSPS) is 51.3. The molecule has 8 rings (SSSR count). The monoisotopic (exact) mass is 944 g/mol. The van der Waals surface area contributed by atoms with Gasteiger partial charge in [-0.2, -0.15) is 0 Å². The highest BCUT2D eigenvalue weighted by Gasteiger charge is 2.62. The molecule has 0 spiro atoms. The molecule has 0 bridgehead atoms. The molecule has 4 heterocycles. The van der Waals surface area contributed by atoms with Crippen molar-refractivity contribution in [3.05, 3.63) is 22.8 Å². The first-order valence-electron chi connectivity index (χ1n) is 23.7. The molecule has 0 radical (unpaired) electrons. The standard InChI is InChI=1S/C46H72O20/c1-18-11-27(62-41(59)23(18)14-47)19(2)24-7-8-25-22-6-5-20-12-21(13-31(50)46(20,4)26(22)9-10-45(24,25)3)61-43-39(58)36(55)40(29(16-49)64-43)66-44-38(57)35(54)33(52)30(65-44)17-60-42-37(56)34(53)32(51)28(15-48)63-42/h5,19,21-22,24-40,42-44,47-58H,6-17H2,1-4H3/t19-,21+,22-,24+,25-,26-,27+,28+,29+,30+,31-,32+,33+,34-,35-,36+,37+,38+,39+,40+,42+,43+,44-,45+,46-/m0/s1. The number of aliphatic hydroxyl groups excluding tert-OH is 12. The van der Waals surface area contributed by atoms with E-state index in [0.29, 0.717) is 36.2 Å². The predicted octanol–water partition coefficient (Wildman–Crippen LogP) is -2.37. The maximum atomic E-state index is 12.7. The Balaban J connectivity index is 0.888. The van der Waals surface area contributed by atoms with E-state index in [9.17, 15) is 66.1 Å². The van der Waals surface area contributed by atoms with Crippen molar-refractivity contribution in [2.24, 2.45) is 40.4 Å². The molecule has 4 aliphatic heterocycles. The molecule has 0 amide bonds. The van der Waals surface area contributed by atoms with Gasteiger partial charge in [0, 0.05) is 18.3 Å². The van der Waals surface area contributed by atoms with Gasteiger partial charge < -0.3 is 94.4 Å². The van der Waals surface area contributed by atoms with Crippen molar-refractivity contribution in [2.75, 3.05) is 26.4 Å². The van der Waals surface area contributed by atoms with Crippen molar-refractivity contribution in [3.63, 3.8) is 0 Å². The molecule has 20 nitrogen and oxygen atoms in total. The highest BCUT2D eigenvalue weighted by Crippen LogP contribution is 2.67. The van der Waals surface area contributed by atoms with Crippen molar-refractivity contribution >= 4 is 5.97 Å². The highest BCUT2D eigenvalue weighted by atomic mass is 16.8. The lowest BCUT2D eigenvalue weighted by molar-refractivity contribution is -0.368. The predicted molar refractivity (Wildman–Crippen MR) is 224 cm³/mol. The van der Waals surface area contributed by atoms with Crippen LogP contribution in [0.25, 0.3) is 0 Å². The minimum absolute atomic E-state index is 0.0324. The number of fused-ring (bicyclic) bond motifs is 5. The summed E-state index contributed by atoms with van der Waals surface area (Å²) in [7, 11) is 0. The number of carbonyl (C=O) groups excluding carboxylic acids is 1. The Kier molecular flexibility index (Phi) is 15.2. The first-order chi connectivity index (χ1) is 31.3. The van der Waals surface area contributed by atoms with Gasteiger partial charge in [0.15, 0.2) is 18.9 Å². The van der Waals surface area contributed by atoms with Crippen molar-refractivity contribution in [3.8, 4) is 0 Å². The zero-order valence-corrected chi connectivity index (χ0v) is 38.0. The van der Waals surface area contributed by atoms with Crippen molar-refractivity contribution < 1.29 is 99.2 Å². The Morgan fingerprint density at radius 1 is 0.727 bits per heavy atom. The van der Waals surface area contributed by atoms with Crippen LogP contribution < -0.4 is 0 Å². The van der Waals surface area contributed by atoms with Crippen LogP contribution >= 0.6 is 0 Å². The van der Waals surface area contributed by atoms with Gasteiger partial charge in [-0.25, -0.2) is 4.79 Å². The summed E-state index contributed by atoms with van der Waals surface area (Å²) >= 11 is 0. The summed E-state index contributed by atoms with van der Waals surface area (Å²) in [5, 5.41) is 127.